The monoisotopic (exact) mass is 230 g/mol. The van der Waals surface area contributed by atoms with E-state index in [4.69, 9.17) is 0 Å². The molecular weight excluding hydrogens is 208 g/mol. The van der Waals surface area contributed by atoms with Gasteiger partial charge in [-0.3, -0.25) is 0 Å². The van der Waals surface area contributed by atoms with Crippen molar-refractivity contribution in [2.75, 3.05) is 0 Å². The average molecular weight is 230 g/mol. The largest absolute Gasteiger partial charge is 0.346 e. The maximum atomic E-state index is 3.48. The van der Waals surface area contributed by atoms with Crippen molar-refractivity contribution in [3.8, 4) is 0 Å². The lowest BCUT2D eigenvalue weighted by atomic mass is 10.1. The molecule has 1 aromatic carbocycles. The Balaban J connectivity index is 2.49. The third-order valence-electron chi connectivity index (χ3n) is 3.41. The van der Waals surface area contributed by atoms with Gasteiger partial charge in [-0.15, -0.1) is 0 Å². The highest BCUT2D eigenvalue weighted by molar-refractivity contribution is 5.87. The number of nitrogens with zero attached hydrogens (tertiary/aromatic N) is 1. The average Bonchev–Trinajstić information content (AvgIpc) is 2.60. The summed E-state index contributed by atoms with van der Waals surface area (Å²) in [4.78, 5) is 0. The highest BCUT2D eigenvalue weighted by Gasteiger charge is 2.09. The number of aryl methyl sites for hydroxylation is 3. The van der Waals surface area contributed by atoms with Gasteiger partial charge in [-0.25, -0.2) is 0 Å². The number of nitrogens with one attached hydrogen (secondary N) is 1. The lowest BCUT2D eigenvalue weighted by Gasteiger charge is -2.09. The standard InChI is InChI=1S/C15H22N2/c1-10(2)16-9-13-8-14-11(3)6-7-12(4)15(14)17(13)5/h6-8,10,16H,9H2,1-5H3. The van der Waals surface area contributed by atoms with Crippen LogP contribution in [0.4, 0.5) is 0 Å². The maximum absolute atomic E-state index is 3.48. The predicted molar refractivity (Wildman–Crippen MR) is 74.4 cm³/mol. The molecule has 0 unspecified atom stereocenters. The number of benzene rings is 1. The van der Waals surface area contributed by atoms with Gasteiger partial charge in [-0.2, -0.15) is 0 Å². The minimum absolute atomic E-state index is 0.523. The van der Waals surface area contributed by atoms with E-state index in [1.54, 1.807) is 0 Å². The van der Waals surface area contributed by atoms with E-state index in [1.807, 2.05) is 0 Å². The lowest BCUT2D eigenvalue weighted by molar-refractivity contribution is 0.572. The van der Waals surface area contributed by atoms with Crippen molar-refractivity contribution >= 4 is 10.9 Å². The first kappa shape index (κ1) is 12.2. The molecule has 0 aliphatic rings. The number of hydrogen-bond acceptors (Lipinski definition) is 1. The molecule has 2 rings (SSSR count). The van der Waals surface area contributed by atoms with Crippen molar-refractivity contribution in [3.05, 3.63) is 35.0 Å². The topological polar surface area (TPSA) is 17.0 Å². The normalized spacial score (nSPS) is 11.6. The van der Waals surface area contributed by atoms with Crippen molar-refractivity contribution in [3.63, 3.8) is 0 Å². The molecule has 0 spiro atoms. The molecule has 1 aromatic heterocycles. The first-order chi connectivity index (χ1) is 8.00. The molecule has 0 radical (unpaired) electrons. The Morgan fingerprint density at radius 2 is 1.82 bits per heavy atom. The third kappa shape index (κ3) is 2.22. The van der Waals surface area contributed by atoms with Gasteiger partial charge in [0.15, 0.2) is 0 Å². The maximum Gasteiger partial charge on any atom is 0.0512 e. The van der Waals surface area contributed by atoms with Crippen molar-refractivity contribution in [1.82, 2.24) is 9.88 Å². The highest BCUT2D eigenvalue weighted by Crippen LogP contribution is 2.25. The summed E-state index contributed by atoms with van der Waals surface area (Å²) >= 11 is 0. The van der Waals surface area contributed by atoms with E-state index in [1.165, 1.54) is 27.7 Å². The van der Waals surface area contributed by atoms with Crippen LogP contribution in [0, 0.1) is 13.8 Å². The van der Waals surface area contributed by atoms with Gasteiger partial charge >= 0.3 is 0 Å². The number of rotatable bonds is 3. The zero-order valence-corrected chi connectivity index (χ0v) is 11.5. The molecule has 0 fully saturated rings. The molecule has 2 heteroatoms. The number of fused-ring (bicyclic) bond motifs is 1. The van der Waals surface area contributed by atoms with E-state index in [0.29, 0.717) is 6.04 Å². The second kappa shape index (κ2) is 4.53. The van der Waals surface area contributed by atoms with Crippen molar-refractivity contribution in [2.24, 2.45) is 7.05 Å². The Morgan fingerprint density at radius 1 is 1.18 bits per heavy atom. The van der Waals surface area contributed by atoms with Crippen LogP contribution in [0.2, 0.25) is 0 Å². The van der Waals surface area contributed by atoms with E-state index in [9.17, 15) is 0 Å². The van der Waals surface area contributed by atoms with Gasteiger partial charge in [0.2, 0.25) is 0 Å². The van der Waals surface area contributed by atoms with Crippen LogP contribution in [0.3, 0.4) is 0 Å². The zero-order chi connectivity index (χ0) is 12.6. The summed E-state index contributed by atoms with van der Waals surface area (Å²) < 4.78 is 2.31. The number of aromatic nitrogens is 1. The Labute approximate surface area is 104 Å². The molecule has 2 nitrogen and oxygen atoms in total. The van der Waals surface area contributed by atoms with Gasteiger partial charge in [0, 0.05) is 30.7 Å². The van der Waals surface area contributed by atoms with Crippen LogP contribution in [0.5, 0.6) is 0 Å². The van der Waals surface area contributed by atoms with Crippen LogP contribution in [0.25, 0.3) is 10.9 Å². The summed E-state index contributed by atoms with van der Waals surface area (Å²) in [6.45, 7) is 9.66. The predicted octanol–water partition coefficient (Wildman–Crippen LogP) is 3.29. The second-order valence-electron chi connectivity index (χ2n) is 5.19. The van der Waals surface area contributed by atoms with E-state index in [-0.39, 0.29) is 0 Å². The van der Waals surface area contributed by atoms with Crippen LogP contribution in [-0.2, 0) is 13.6 Å². The minimum Gasteiger partial charge on any atom is -0.346 e. The first-order valence-electron chi connectivity index (χ1n) is 6.28. The molecular formula is C15H22N2. The van der Waals surface area contributed by atoms with Crippen LogP contribution >= 0.6 is 0 Å². The van der Waals surface area contributed by atoms with Gasteiger partial charge in [0.25, 0.3) is 0 Å². The fraction of sp³-hybridized carbons (Fsp3) is 0.467. The second-order valence-corrected chi connectivity index (χ2v) is 5.19. The van der Waals surface area contributed by atoms with Crippen LogP contribution in [0.1, 0.15) is 30.7 Å². The third-order valence-corrected chi connectivity index (χ3v) is 3.41. The molecule has 92 valence electrons. The molecule has 0 aliphatic carbocycles. The number of hydrogen-bond donors (Lipinski definition) is 1. The van der Waals surface area contributed by atoms with E-state index < -0.39 is 0 Å². The molecule has 0 aliphatic heterocycles. The molecule has 0 amide bonds. The molecule has 0 saturated carbocycles. The fourth-order valence-corrected chi connectivity index (χ4v) is 2.33. The molecule has 1 heterocycles. The van der Waals surface area contributed by atoms with Gasteiger partial charge in [-0.1, -0.05) is 26.0 Å². The summed E-state index contributed by atoms with van der Waals surface area (Å²) in [6, 6.07) is 7.25. The summed E-state index contributed by atoms with van der Waals surface area (Å²) in [5.41, 5.74) is 5.43. The summed E-state index contributed by atoms with van der Waals surface area (Å²) in [5.74, 6) is 0. The molecule has 1 N–H and O–H groups in total. The van der Waals surface area contributed by atoms with E-state index in [2.05, 4.69) is 62.8 Å². The molecule has 2 aromatic rings. The Kier molecular flexibility index (Phi) is 3.25. The van der Waals surface area contributed by atoms with E-state index in [0.717, 1.165) is 6.54 Å². The zero-order valence-electron chi connectivity index (χ0n) is 11.5. The SMILES string of the molecule is Cc1ccc(C)c2c1cc(CNC(C)C)n2C. The van der Waals surface area contributed by atoms with E-state index >= 15 is 0 Å². The molecule has 0 saturated heterocycles. The minimum atomic E-state index is 0.523. The quantitative estimate of drug-likeness (QED) is 0.856. The Morgan fingerprint density at radius 3 is 2.41 bits per heavy atom. The van der Waals surface area contributed by atoms with Gasteiger partial charge in [-0.05, 0) is 31.0 Å². The first-order valence-corrected chi connectivity index (χ1v) is 6.28. The highest BCUT2D eigenvalue weighted by atomic mass is 15.0. The summed E-state index contributed by atoms with van der Waals surface area (Å²) in [6.07, 6.45) is 0. The summed E-state index contributed by atoms with van der Waals surface area (Å²) in [7, 11) is 2.16. The van der Waals surface area contributed by atoms with Crippen LogP contribution in [0.15, 0.2) is 18.2 Å². The Hall–Kier alpha value is -1.28. The van der Waals surface area contributed by atoms with Gasteiger partial charge < -0.3 is 9.88 Å². The van der Waals surface area contributed by atoms with Crippen molar-refractivity contribution in [2.45, 2.75) is 40.3 Å². The van der Waals surface area contributed by atoms with Crippen molar-refractivity contribution < 1.29 is 0 Å². The van der Waals surface area contributed by atoms with Crippen LogP contribution < -0.4 is 5.32 Å². The van der Waals surface area contributed by atoms with Gasteiger partial charge in [0.1, 0.15) is 0 Å². The lowest BCUT2D eigenvalue weighted by Crippen LogP contribution is -2.23. The summed E-state index contributed by atoms with van der Waals surface area (Å²) in [5, 5.41) is 4.86. The van der Waals surface area contributed by atoms with Gasteiger partial charge in [0.05, 0.1) is 5.52 Å². The molecule has 17 heavy (non-hydrogen) atoms. The smallest absolute Gasteiger partial charge is 0.0512 e. The Bertz CT molecular complexity index is 535. The van der Waals surface area contributed by atoms with Crippen molar-refractivity contribution in [1.29, 1.82) is 0 Å². The molecule has 0 atom stereocenters. The van der Waals surface area contributed by atoms with Crippen LogP contribution in [-0.4, -0.2) is 10.6 Å². The molecule has 0 bridgehead atoms. The fourth-order valence-electron chi connectivity index (χ4n) is 2.33.